The molecule has 0 unspecified atom stereocenters. The Morgan fingerprint density at radius 2 is 1.59 bits per heavy atom. The number of hydrogen-bond acceptors (Lipinski definition) is 4. The van der Waals surface area contributed by atoms with Crippen molar-refractivity contribution in [3.05, 3.63) is 53.6 Å². The molecule has 2 rings (SSSR count). The molecule has 0 atom stereocenters. The molecule has 0 bridgehead atoms. The van der Waals surface area contributed by atoms with Gasteiger partial charge in [-0.3, -0.25) is 4.99 Å². The van der Waals surface area contributed by atoms with Crippen LogP contribution in [0.3, 0.4) is 0 Å². The highest BCUT2D eigenvalue weighted by Gasteiger charge is 2.11. The first-order valence-corrected chi connectivity index (χ1v) is 8.25. The molecule has 0 saturated carbocycles. The minimum absolute atomic E-state index is 0.0870. The predicted octanol–water partition coefficient (Wildman–Crippen LogP) is 3.17. The maximum Gasteiger partial charge on any atom is 0.387 e. The van der Waals surface area contributed by atoms with E-state index in [1.54, 1.807) is 26.3 Å². The number of hydrogen-bond donors (Lipinski definition) is 2. The Bertz CT molecular complexity index is 752. The van der Waals surface area contributed by atoms with Gasteiger partial charge in [-0.05, 0) is 35.9 Å². The summed E-state index contributed by atoms with van der Waals surface area (Å²) in [5.74, 6) is 1.95. The maximum atomic E-state index is 12.6. The van der Waals surface area contributed by atoms with Crippen LogP contribution in [-0.4, -0.2) is 33.8 Å². The fraction of sp³-hybridized carbons (Fsp3) is 0.316. The van der Waals surface area contributed by atoms with Gasteiger partial charge in [-0.25, -0.2) is 0 Å². The van der Waals surface area contributed by atoms with Crippen molar-refractivity contribution in [1.29, 1.82) is 0 Å². The zero-order chi connectivity index (χ0) is 19.6. The van der Waals surface area contributed by atoms with Crippen LogP contribution in [0.15, 0.2) is 47.5 Å². The van der Waals surface area contributed by atoms with Crippen LogP contribution in [0.2, 0.25) is 0 Å². The molecule has 2 N–H and O–H groups in total. The van der Waals surface area contributed by atoms with Gasteiger partial charge in [0.1, 0.15) is 17.2 Å². The highest BCUT2D eigenvalue weighted by molar-refractivity contribution is 5.79. The minimum atomic E-state index is -2.90. The van der Waals surface area contributed by atoms with Crippen molar-refractivity contribution in [3.63, 3.8) is 0 Å². The summed E-state index contributed by atoms with van der Waals surface area (Å²) in [6.45, 7) is -2.12. The van der Waals surface area contributed by atoms with Crippen molar-refractivity contribution in [2.75, 3.05) is 21.3 Å². The van der Waals surface area contributed by atoms with Gasteiger partial charge in [0.25, 0.3) is 0 Å². The average Bonchev–Trinajstić information content (AvgIpc) is 2.69. The molecule has 8 heteroatoms. The third-order valence-electron chi connectivity index (χ3n) is 3.77. The number of rotatable bonds is 8. The van der Waals surface area contributed by atoms with E-state index in [-0.39, 0.29) is 12.3 Å². The molecule has 0 aliphatic rings. The summed E-state index contributed by atoms with van der Waals surface area (Å²) < 4.78 is 40.0. The number of aliphatic imine (C=N–C) groups is 1. The molecule has 27 heavy (non-hydrogen) atoms. The number of guanidine groups is 1. The van der Waals surface area contributed by atoms with Gasteiger partial charge in [0.2, 0.25) is 0 Å². The number of ether oxygens (including phenoxy) is 3. The van der Waals surface area contributed by atoms with E-state index in [0.29, 0.717) is 23.8 Å². The van der Waals surface area contributed by atoms with Crippen molar-refractivity contribution in [3.8, 4) is 17.2 Å². The summed E-state index contributed by atoms with van der Waals surface area (Å²) in [6, 6.07) is 12.3. The van der Waals surface area contributed by atoms with Gasteiger partial charge < -0.3 is 24.8 Å². The van der Waals surface area contributed by atoms with E-state index in [9.17, 15) is 8.78 Å². The first-order chi connectivity index (χ1) is 13.0. The molecule has 6 nitrogen and oxygen atoms in total. The highest BCUT2D eigenvalue weighted by Crippen LogP contribution is 2.25. The van der Waals surface area contributed by atoms with Crippen molar-refractivity contribution < 1.29 is 23.0 Å². The molecule has 146 valence electrons. The first-order valence-electron chi connectivity index (χ1n) is 8.25. The lowest BCUT2D eigenvalue weighted by Gasteiger charge is -2.15. The predicted molar refractivity (Wildman–Crippen MR) is 99.7 cm³/mol. The standard InChI is InChI=1S/C19H23F2N3O3/c1-22-19(23-11-13-4-6-15(25-2)7-5-13)24-12-14-10-16(26-3)8-9-17(14)27-18(20)21/h4-10,18H,11-12H2,1-3H3,(H2,22,23,24). The molecular formula is C19H23F2N3O3. The van der Waals surface area contributed by atoms with Crippen LogP contribution in [0.4, 0.5) is 8.78 Å². The van der Waals surface area contributed by atoms with Crippen molar-refractivity contribution >= 4 is 5.96 Å². The Balaban J connectivity index is 1.98. The fourth-order valence-electron chi connectivity index (χ4n) is 2.36. The summed E-state index contributed by atoms with van der Waals surface area (Å²) in [4.78, 5) is 4.13. The van der Waals surface area contributed by atoms with Gasteiger partial charge in [-0.15, -0.1) is 0 Å². The molecule has 0 aliphatic carbocycles. The highest BCUT2D eigenvalue weighted by atomic mass is 19.3. The number of nitrogens with one attached hydrogen (secondary N) is 2. The first kappa shape index (κ1) is 20.3. The lowest BCUT2D eigenvalue weighted by atomic mass is 10.2. The van der Waals surface area contributed by atoms with Gasteiger partial charge in [-0.1, -0.05) is 12.1 Å². The lowest BCUT2D eigenvalue weighted by Crippen LogP contribution is -2.36. The number of methoxy groups -OCH3 is 2. The topological polar surface area (TPSA) is 64.1 Å². The van der Waals surface area contributed by atoms with Gasteiger partial charge in [0.05, 0.1) is 14.2 Å². The second-order valence-corrected chi connectivity index (χ2v) is 5.48. The Kier molecular flexibility index (Phi) is 7.66. The number of alkyl halides is 2. The van der Waals surface area contributed by atoms with Crippen LogP contribution >= 0.6 is 0 Å². The zero-order valence-electron chi connectivity index (χ0n) is 15.5. The molecular weight excluding hydrogens is 356 g/mol. The molecule has 0 saturated heterocycles. The molecule has 0 radical (unpaired) electrons. The van der Waals surface area contributed by atoms with Crippen molar-refractivity contribution in [1.82, 2.24) is 10.6 Å². The monoisotopic (exact) mass is 379 g/mol. The van der Waals surface area contributed by atoms with E-state index in [1.807, 2.05) is 24.3 Å². The second-order valence-electron chi connectivity index (χ2n) is 5.48. The van der Waals surface area contributed by atoms with Gasteiger partial charge >= 0.3 is 6.61 Å². The van der Waals surface area contributed by atoms with Crippen molar-refractivity contribution in [2.45, 2.75) is 19.7 Å². The zero-order valence-corrected chi connectivity index (χ0v) is 15.5. The Labute approximate surface area is 157 Å². The number of halogens is 2. The van der Waals surface area contributed by atoms with E-state index >= 15 is 0 Å². The fourth-order valence-corrected chi connectivity index (χ4v) is 2.36. The summed E-state index contributed by atoms with van der Waals surface area (Å²) >= 11 is 0. The number of benzene rings is 2. The summed E-state index contributed by atoms with van der Waals surface area (Å²) in [5.41, 5.74) is 1.57. The van der Waals surface area contributed by atoms with Crippen LogP contribution in [0, 0.1) is 0 Å². The second kappa shape index (κ2) is 10.2. The smallest absolute Gasteiger partial charge is 0.387 e. The third kappa shape index (κ3) is 6.32. The van der Waals surface area contributed by atoms with Gasteiger partial charge in [0, 0.05) is 25.7 Å². The molecule has 0 spiro atoms. The van der Waals surface area contributed by atoms with Crippen molar-refractivity contribution in [2.24, 2.45) is 4.99 Å². The summed E-state index contributed by atoms with van der Waals surface area (Å²) in [6.07, 6.45) is 0. The normalized spacial score (nSPS) is 11.3. The van der Waals surface area contributed by atoms with Crippen LogP contribution < -0.4 is 24.8 Å². The van der Waals surface area contributed by atoms with Gasteiger partial charge in [0.15, 0.2) is 5.96 Å². The molecule has 0 amide bonds. The summed E-state index contributed by atoms with van der Waals surface area (Å²) in [5, 5.41) is 6.24. The van der Waals surface area contributed by atoms with Crippen LogP contribution in [-0.2, 0) is 13.1 Å². The van der Waals surface area contributed by atoms with E-state index in [0.717, 1.165) is 11.3 Å². The summed E-state index contributed by atoms with van der Waals surface area (Å²) in [7, 11) is 4.75. The molecule has 0 fully saturated rings. The van der Waals surface area contributed by atoms with E-state index in [2.05, 4.69) is 20.4 Å². The largest absolute Gasteiger partial charge is 0.497 e. The third-order valence-corrected chi connectivity index (χ3v) is 3.77. The van der Waals surface area contributed by atoms with Crippen LogP contribution in [0.25, 0.3) is 0 Å². The average molecular weight is 379 g/mol. The van der Waals surface area contributed by atoms with E-state index < -0.39 is 6.61 Å². The number of nitrogens with zero attached hydrogens (tertiary/aromatic N) is 1. The Hall–Kier alpha value is -3.03. The lowest BCUT2D eigenvalue weighted by molar-refractivity contribution is -0.0504. The molecule has 2 aromatic rings. The minimum Gasteiger partial charge on any atom is -0.497 e. The quantitative estimate of drug-likeness (QED) is 0.545. The van der Waals surface area contributed by atoms with E-state index in [1.165, 1.54) is 13.2 Å². The van der Waals surface area contributed by atoms with Gasteiger partial charge in [-0.2, -0.15) is 8.78 Å². The SMILES string of the molecule is CN=C(NCc1ccc(OC)cc1)NCc1cc(OC)ccc1OC(F)F. The molecule has 2 aromatic carbocycles. The van der Waals surface area contributed by atoms with Crippen LogP contribution in [0.5, 0.6) is 17.2 Å². The molecule has 0 aliphatic heterocycles. The molecule has 0 aromatic heterocycles. The maximum absolute atomic E-state index is 12.6. The van der Waals surface area contributed by atoms with Crippen LogP contribution in [0.1, 0.15) is 11.1 Å². The van der Waals surface area contributed by atoms with E-state index in [4.69, 9.17) is 9.47 Å². The molecule has 0 heterocycles. The Morgan fingerprint density at radius 1 is 0.963 bits per heavy atom. The Morgan fingerprint density at radius 3 is 2.19 bits per heavy atom.